The molecule has 0 heterocycles. The fourth-order valence-corrected chi connectivity index (χ4v) is 2.02. The highest BCUT2D eigenvalue weighted by Gasteiger charge is 2.11. The Morgan fingerprint density at radius 2 is 1.25 bits per heavy atom. The molecule has 0 bridgehead atoms. The van der Waals surface area contributed by atoms with Gasteiger partial charge in [-0.1, -0.05) is 45.2 Å². The number of halogens is 2. The van der Waals surface area contributed by atoms with Crippen LogP contribution >= 0.6 is 45.2 Å². The Balaban J connectivity index is 3.54. The van der Waals surface area contributed by atoms with E-state index in [2.05, 4.69) is 45.2 Å². The van der Waals surface area contributed by atoms with E-state index in [0.29, 0.717) is 21.1 Å². The van der Waals surface area contributed by atoms with Gasteiger partial charge in [-0.3, -0.25) is 9.59 Å². The zero-order valence-corrected chi connectivity index (χ0v) is 13.7. The van der Waals surface area contributed by atoms with Crippen molar-refractivity contribution in [1.82, 2.24) is 0 Å². The normalized spacial score (nSPS) is 14.0. The summed E-state index contributed by atoms with van der Waals surface area (Å²) in [5.74, 6) is -0.486. The van der Waals surface area contributed by atoms with Crippen LogP contribution in [0, 0.1) is 0 Å². The minimum Gasteiger partial charge on any atom is -0.465 e. The van der Waals surface area contributed by atoms with Gasteiger partial charge in [0.2, 0.25) is 0 Å². The van der Waals surface area contributed by atoms with Gasteiger partial charge >= 0.3 is 11.9 Å². The van der Waals surface area contributed by atoms with E-state index in [1.165, 1.54) is 13.8 Å². The van der Waals surface area contributed by atoms with E-state index >= 15 is 0 Å². The van der Waals surface area contributed by atoms with Gasteiger partial charge in [-0.15, -0.1) is 0 Å². The number of carbonyl (C=O) groups is 2. The van der Waals surface area contributed by atoms with Crippen LogP contribution in [0.3, 0.4) is 0 Å². The van der Waals surface area contributed by atoms with Gasteiger partial charge in [-0.2, -0.15) is 0 Å². The first-order valence-corrected chi connectivity index (χ1v) is 7.45. The molecule has 0 saturated carbocycles. The molecule has 0 N–H and O–H groups in total. The number of carbonyl (C=O) groups excluding carboxylic acids is 2. The van der Waals surface area contributed by atoms with E-state index in [0.717, 1.165) is 12.8 Å². The van der Waals surface area contributed by atoms with E-state index < -0.39 is 0 Å². The summed E-state index contributed by atoms with van der Waals surface area (Å²) in [6.07, 6.45) is 1.89. The van der Waals surface area contributed by atoms with Crippen LogP contribution in [-0.4, -0.2) is 33.0 Å². The maximum Gasteiger partial charge on any atom is 0.302 e. The van der Waals surface area contributed by atoms with Gasteiger partial charge < -0.3 is 9.47 Å². The Morgan fingerprint density at radius 3 is 1.50 bits per heavy atom. The van der Waals surface area contributed by atoms with Gasteiger partial charge in [-0.05, 0) is 12.8 Å². The molecule has 0 aromatic heterocycles. The van der Waals surface area contributed by atoms with Crippen molar-refractivity contribution in [2.45, 2.75) is 34.5 Å². The third-order valence-electron chi connectivity index (χ3n) is 1.73. The molecule has 0 saturated heterocycles. The Bertz CT molecular complexity index is 209. The molecule has 0 aliphatic rings. The Labute approximate surface area is 123 Å². The van der Waals surface area contributed by atoms with Crippen molar-refractivity contribution in [3.05, 3.63) is 0 Å². The SMILES string of the molecule is CC(=O)OCC(I)CCC(I)COC(C)=O. The first-order chi connectivity index (χ1) is 7.41. The summed E-state index contributed by atoms with van der Waals surface area (Å²) < 4.78 is 10.4. The monoisotopic (exact) mass is 454 g/mol. The molecule has 94 valence electrons. The minimum absolute atomic E-state index is 0.243. The van der Waals surface area contributed by atoms with E-state index in [1.54, 1.807) is 0 Å². The summed E-state index contributed by atoms with van der Waals surface area (Å²) >= 11 is 4.52. The van der Waals surface area contributed by atoms with Crippen molar-refractivity contribution < 1.29 is 19.1 Å². The highest BCUT2D eigenvalue weighted by atomic mass is 127. The van der Waals surface area contributed by atoms with E-state index in [1.807, 2.05) is 0 Å². The van der Waals surface area contributed by atoms with Crippen molar-refractivity contribution in [2.24, 2.45) is 0 Å². The molecular formula is C10H16I2O4. The zero-order valence-electron chi connectivity index (χ0n) is 9.37. The number of esters is 2. The molecular weight excluding hydrogens is 438 g/mol. The van der Waals surface area contributed by atoms with Crippen LogP contribution in [0.1, 0.15) is 26.7 Å². The van der Waals surface area contributed by atoms with E-state index in [-0.39, 0.29) is 11.9 Å². The molecule has 6 heteroatoms. The molecule has 0 aromatic rings. The molecule has 0 fully saturated rings. The summed E-state index contributed by atoms with van der Waals surface area (Å²) in [5, 5.41) is 0. The molecule has 0 radical (unpaired) electrons. The summed E-state index contributed by atoms with van der Waals surface area (Å²) in [4.78, 5) is 21.2. The Kier molecular flexibility index (Phi) is 9.67. The topological polar surface area (TPSA) is 52.6 Å². The summed E-state index contributed by atoms with van der Waals surface area (Å²) in [7, 11) is 0. The van der Waals surface area contributed by atoms with Crippen LogP contribution in [0.25, 0.3) is 0 Å². The third kappa shape index (κ3) is 10.9. The van der Waals surface area contributed by atoms with Crippen molar-refractivity contribution in [1.29, 1.82) is 0 Å². The van der Waals surface area contributed by atoms with Crippen LogP contribution in [0.15, 0.2) is 0 Å². The fraction of sp³-hybridized carbons (Fsp3) is 0.800. The number of hydrogen-bond acceptors (Lipinski definition) is 4. The molecule has 16 heavy (non-hydrogen) atoms. The molecule has 0 spiro atoms. The van der Waals surface area contributed by atoms with E-state index in [4.69, 9.17) is 9.47 Å². The lowest BCUT2D eigenvalue weighted by Gasteiger charge is -2.13. The van der Waals surface area contributed by atoms with Gasteiger partial charge in [-0.25, -0.2) is 0 Å². The summed E-state index contributed by atoms with van der Waals surface area (Å²) in [5.41, 5.74) is 0. The Morgan fingerprint density at radius 1 is 0.938 bits per heavy atom. The standard InChI is InChI=1S/C10H16I2O4/c1-7(13)15-5-9(11)3-4-10(12)6-16-8(2)14/h9-10H,3-6H2,1-2H3. The minimum atomic E-state index is -0.243. The van der Waals surface area contributed by atoms with Crippen molar-refractivity contribution in [3.63, 3.8) is 0 Å². The van der Waals surface area contributed by atoms with Crippen molar-refractivity contribution >= 4 is 57.1 Å². The second-order valence-corrected chi connectivity index (χ2v) is 6.90. The van der Waals surface area contributed by atoms with Crippen LogP contribution in [0.5, 0.6) is 0 Å². The summed E-state index contributed by atoms with van der Waals surface area (Å²) in [6.45, 7) is 3.72. The quantitative estimate of drug-likeness (QED) is 0.337. The smallest absolute Gasteiger partial charge is 0.302 e. The highest BCUT2D eigenvalue weighted by molar-refractivity contribution is 14.1. The number of alkyl halides is 2. The van der Waals surface area contributed by atoms with Crippen molar-refractivity contribution in [3.8, 4) is 0 Å². The predicted octanol–water partition coefficient (Wildman–Crippen LogP) is 2.50. The maximum absolute atomic E-state index is 10.6. The van der Waals surface area contributed by atoms with Crippen LogP contribution in [0.2, 0.25) is 0 Å². The predicted molar refractivity (Wildman–Crippen MR) is 78.1 cm³/mol. The van der Waals surface area contributed by atoms with Crippen LogP contribution in [-0.2, 0) is 19.1 Å². The second-order valence-electron chi connectivity index (χ2n) is 3.38. The third-order valence-corrected chi connectivity index (χ3v) is 3.69. The molecule has 0 aliphatic carbocycles. The molecule has 4 nitrogen and oxygen atoms in total. The number of rotatable bonds is 7. The molecule has 2 atom stereocenters. The van der Waals surface area contributed by atoms with Gasteiger partial charge in [0.05, 0.1) is 0 Å². The lowest BCUT2D eigenvalue weighted by molar-refractivity contribution is -0.142. The number of hydrogen-bond donors (Lipinski definition) is 0. The first kappa shape index (κ1) is 16.4. The second kappa shape index (κ2) is 9.43. The Hall–Kier alpha value is 0.400. The molecule has 0 aromatic carbocycles. The van der Waals surface area contributed by atoms with Crippen molar-refractivity contribution in [2.75, 3.05) is 13.2 Å². The van der Waals surface area contributed by atoms with Crippen LogP contribution in [0.4, 0.5) is 0 Å². The summed E-state index contributed by atoms with van der Waals surface area (Å²) in [6, 6.07) is 0. The molecule has 2 unspecified atom stereocenters. The number of ether oxygens (including phenoxy) is 2. The zero-order chi connectivity index (χ0) is 12.6. The van der Waals surface area contributed by atoms with E-state index in [9.17, 15) is 9.59 Å². The van der Waals surface area contributed by atoms with Gasteiger partial charge in [0.25, 0.3) is 0 Å². The fourth-order valence-electron chi connectivity index (χ4n) is 0.944. The average molecular weight is 454 g/mol. The largest absolute Gasteiger partial charge is 0.465 e. The van der Waals surface area contributed by atoms with Crippen LogP contribution < -0.4 is 0 Å². The maximum atomic E-state index is 10.6. The average Bonchev–Trinajstić information content (AvgIpc) is 2.20. The molecule has 0 aliphatic heterocycles. The van der Waals surface area contributed by atoms with Gasteiger partial charge in [0.1, 0.15) is 13.2 Å². The lowest BCUT2D eigenvalue weighted by Crippen LogP contribution is -2.16. The molecule has 0 amide bonds. The van der Waals surface area contributed by atoms with Gasteiger partial charge in [0.15, 0.2) is 0 Å². The molecule has 0 rings (SSSR count). The lowest BCUT2D eigenvalue weighted by atomic mass is 10.2. The highest BCUT2D eigenvalue weighted by Crippen LogP contribution is 2.16. The van der Waals surface area contributed by atoms with Gasteiger partial charge in [0, 0.05) is 21.7 Å². The first-order valence-electron chi connectivity index (χ1n) is 4.96.